The van der Waals surface area contributed by atoms with Crippen LogP contribution in [0, 0.1) is 0 Å². The van der Waals surface area contributed by atoms with E-state index in [2.05, 4.69) is 41.4 Å². The molecule has 4 nitrogen and oxygen atoms in total. The van der Waals surface area contributed by atoms with E-state index in [1.165, 1.54) is 5.56 Å². The number of hydrazone groups is 1. The molecule has 1 aliphatic rings. The number of hydrogen-bond donors (Lipinski definition) is 1. The Morgan fingerprint density at radius 1 is 0.923 bits per heavy atom. The summed E-state index contributed by atoms with van der Waals surface area (Å²) in [6.07, 6.45) is 0.838. The molecule has 1 unspecified atom stereocenters. The average molecular weight is 343 g/mol. The second-order valence-electron chi connectivity index (χ2n) is 6.34. The summed E-state index contributed by atoms with van der Waals surface area (Å²) in [7, 11) is 1.68. The SMILES string of the molecule is COc1ccc(C2=NN(c3ccccc3)C(c3ccc(N)cc3)C2)cc1. The van der Waals surface area contributed by atoms with Crippen LogP contribution < -0.4 is 15.5 Å². The molecule has 1 heterocycles. The molecule has 0 amide bonds. The largest absolute Gasteiger partial charge is 0.497 e. The van der Waals surface area contributed by atoms with E-state index in [1.54, 1.807) is 7.11 Å². The minimum absolute atomic E-state index is 0.148. The predicted octanol–water partition coefficient (Wildman–Crippen LogP) is 4.63. The molecule has 1 atom stereocenters. The van der Waals surface area contributed by atoms with E-state index in [9.17, 15) is 0 Å². The summed E-state index contributed by atoms with van der Waals surface area (Å²) in [6, 6.07) is 26.6. The number of nitrogens with zero attached hydrogens (tertiary/aromatic N) is 2. The second-order valence-corrected chi connectivity index (χ2v) is 6.34. The van der Waals surface area contributed by atoms with Gasteiger partial charge in [0.25, 0.3) is 0 Å². The zero-order valence-electron chi connectivity index (χ0n) is 14.7. The van der Waals surface area contributed by atoms with E-state index in [0.29, 0.717) is 0 Å². The molecule has 4 heteroatoms. The molecule has 0 saturated heterocycles. The van der Waals surface area contributed by atoms with Crippen molar-refractivity contribution in [3.8, 4) is 5.75 Å². The molecule has 2 N–H and O–H groups in total. The lowest BCUT2D eigenvalue weighted by atomic mass is 9.98. The van der Waals surface area contributed by atoms with Crippen LogP contribution in [0.15, 0.2) is 84.0 Å². The van der Waals surface area contributed by atoms with Crippen LogP contribution >= 0.6 is 0 Å². The van der Waals surface area contributed by atoms with E-state index < -0.39 is 0 Å². The highest BCUT2D eigenvalue weighted by Gasteiger charge is 2.29. The van der Waals surface area contributed by atoms with Gasteiger partial charge in [-0.2, -0.15) is 5.10 Å². The molecular weight excluding hydrogens is 322 g/mol. The van der Waals surface area contributed by atoms with E-state index >= 15 is 0 Å². The van der Waals surface area contributed by atoms with Gasteiger partial charge in [0.15, 0.2) is 0 Å². The van der Waals surface area contributed by atoms with Crippen LogP contribution in [-0.4, -0.2) is 12.8 Å². The van der Waals surface area contributed by atoms with Crippen molar-refractivity contribution in [2.24, 2.45) is 5.10 Å². The Labute approximate surface area is 153 Å². The third-order valence-corrected chi connectivity index (χ3v) is 4.68. The summed E-state index contributed by atoms with van der Waals surface area (Å²) < 4.78 is 5.26. The van der Waals surface area contributed by atoms with Gasteiger partial charge in [0.2, 0.25) is 0 Å². The first-order valence-corrected chi connectivity index (χ1v) is 8.66. The van der Waals surface area contributed by atoms with Crippen molar-refractivity contribution in [2.75, 3.05) is 17.9 Å². The van der Waals surface area contributed by atoms with E-state index in [0.717, 1.165) is 34.8 Å². The quantitative estimate of drug-likeness (QED) is 0.703. The molecule has 0 radical (unpaired) electrons. The first-order valence-electron chi connectivity index (χ1n) is 8.66. The molecule has 0 aromatic heterocycles. The molecule has 130 valence electrons. The van der Waals surface area contributed by atoms with Crippen LogP contribution in [0.4, 0.5) is 11.4 Å². The number of nitrogen functional groups attached to an aromatic ring is 1. The second kappa shape index (κ2) is 6.92. The van der Waals surface area contributed by atoms with Gasteiger partial charge in [-0.25, -0.2) is 0 Å². The Balaban J connectivity index is 1.71. The maximum atomic E-state index is 5.86. The van der Waals surface area contributed by atoms with Gasteiger partial charge in [0, 0.05) is 12.1 Å². The van der Waals surface area contributed by atoms with Crippen molar-refractivity contribution in [3.63, 3.8) is 0 Å². The van der Waals surface area contributed by atoms with E-state index in [-0.39, 0.29) is 6.04 Å². The van der Waals surface area contributed by atoms with Gasteiger partial charge in [-0.1, -0.05) is 30.3 Å². The molecule has 0 aliphatic carbocycles. The van der Waals surface area contributed by atoms with Crippen molar-refractivity contribution in [2.45, 2.75) is 12.5 Å². The summed E-state index contributed by atoms with van der Waals surface area (Å²) in [6.45, 7) is 0. The minimum atomic E-state index is 0.148. The van der Waals surface area contributed by atoms with Gasteiger partial charge in [-0.05, 0) is 59.7 Å². The maximum absolute atomic E-state index is 5.86. The summed E-state index contributed by atoms with van der Waals surface area (Å²) >= 11 is 0. The molecule has 3 aromatic rings. The molecule has 0 bridgehead atoms. The van der Waals surface area contributed by atoms with Crippen LogP contribution in [0.1, 0.15) is 23.6 Å². The smallest absolute Gasteiger partial charge is 0.118 e. The third kappa shape index (κ3) is 3.14. The van der Waals surface area contributed by atoms with Gasteiger partial charge in [0.1, 0.15) is 5.75 Å². The number of benzene rings is 3. The van der Waals surface area contributed by atoms with E-state index in [1.807, 2.05) is 42.5 Å². The number of anilines is 2. The normalized spacial score (nSPS) is 16.4. The number of ether oxygens (including phenoxy) is 1. The molecular formula is C22H21N3O. The Morgan fingerprint density at radius 2 is 1.62 bits per heavy atom. The van der Waals surface area contributed by atoms with Crippen LogP contribution in [0.2, 0.25) is 0 Å². The lowest BCUT2D eigenvalue weighted by molar-refractivity contribution is 0.415. The Hall–Kier alpha value is -3.27. The van der Waals surface area contributed by atoms with Gasteiger partial charge in [-0.15, -0.1) is 0 Å². The highest BCUT2D eigenvalue weighted by Crippen LogP contribution is 2.36. The number of para-hydroxylation sites is 1. The first kappa shape index (κ1) is 16.2. The van der Waals surface area contributed by atoms with Crippen molar-refractivity contribution in [1.29, 1.82) is 0 Å². The molecule has 0 fully saturated rings. The molecule has 0 saturated carbocycles. The van der Waals surface area contributed by atoms with Crippen LogP contribution in [0.5, 0.6) is 5.75 Å². The average Bonchev–Trinajstić information content (AvgIpc) is 3.15. The van der Waals surface area contributed by atoms with Crippen LogP contribution in [0.25, 0.3) is 0 Å². The minimum Gasteiger partial charge on any atom is -0.497 e. The molecule has 1 aliphatic heterocycles. The fraction of sp³-hybridized carbons (Fsp3) is 0.136. The van der Waals surface area contributed by atoms with Crippen LogP contribution in [0.3, 0.4) is 0 Å². The maximum Gasteiger partial charge on any atom is 0.118 e. The Bertz CT molecular complexity index is 902. The van der Waals surface area contributed by atoms with Gasteiger partial charge >= 0.3 is 0 Å². The van der Waals surface area contributed by atoms with Gasteiger partial charge < -0.3 is 10.5 Å². The predicted molar refractivity (Wildman–Crippen MR) is 107 cm³/mol. The summed E-state index contributed by atoms with van der Waals surface area (Å²) in [5.74, 6) is 0.849. The number of methoxy groups -OCH3 is 1. The molecule has 26 heavy (non-hydrogen) atoms. The third-order valence-electron chi connectivity index (χ3n) is 4.68. The molecule has 4 rings (SSSR count). The van der Waals surface area contributed by atoms with Crippen molar-refractivity contribution in [3.05, 3.63) is 90.0 Å². The Morgan fingerprint density at radius 3 is 2.27 bits per heavy atom. The fourth-order valence-electron chi connectivity index (χ4n) is 3.26. The van der Waals surface area contributed by atoms with Crippen molar-refractivity contribution < 1.29 is 4.74 Å². The lowest BCUT2D eigenvalue weighted by Gasteiger charge is -2.24. The molecule has 0 spiro atoms. The van der Waals surface area contributed by atoms with Gasteiger partial charge in [0.05, 0.1) is 24.6 Å². The van der Waals surface area contributed by atoms with Crippen molar-refractivity contribution in [1.82, 2.24) is 0 Å². The van der Waals surface area contributed by atoms with Crippen molar-refractivity contribution >= 4 is 17.1 Å². The topological polar surface area (TPSA) is 50.8 Å². The number of hydrogen-bond acceptors (Lipinski definition) is 4. The summed E-state index contributed by atoms with van der Waals surface area (Å²) in [5.41, 5.74) is 11.1. The fourth-order valence-corrected chi connectivity index (χ4v) is 3.26. The summed E-state index contributed by atoms with van der Waals surface area (Å²) in [4.78, 5) is 0. The Kier molecular flexibility index (Phi) is 4.32. The highest BCUT2D eigenvalue weighted by molar-refractivity contribution is 6.03. The standard InChI is InChI=1S/C22H21N3O/c1-26-20-13-9-16(10-14-20)21-15-22(17-7-11-18(23)12-8-17)25(24-21)19-5-3-2-4-6-19/h2-14,22H,15,23H2,1H3. The number of rotatable bonds is 4. The summed E-state index contributed by atoms with van der Waals surface area (Å²) in [5, 5.41) is 7.04. The number of nitrogens with two attached hydrogens (primary N) is 1. The lowest BCUT2D eigenvalue weighted by Crippen LogP contribution is -2.18. The highest BCUT2D eigenvalue weighted by atomic mass is 16.5. The monoisotopic (exact) mass is 343 g/mol. The molecule has 3 aromatic carbocycles. The van der Waals surface area contributed by atoms with Gasteiger partial charge in [-0.3, -0.25) is 5.01 Å². The first-order chi connectivity index (χ1) is 12.7. The van der Waals surface area contributed by atoms with Crippen LogP contribution in [-0.2, 0) is 0 Å². The zero-order valence-corrected chi connectivity index (χ0v) is 14.7. The van der Waals surface area contributed by atoms with E-state index in [4.69, 9.17) is 15.6 Å². The zero-order chi connectivity index (χ0) is 17.9.